The summed E-state index contributed by atoms with van der Waals surface area (Å²) in [5.74, 6) is 2.99. The van der Waals surface area contributed by atoms with Gasteiger partial charge in [-0.15, -0.1) is 11.8 Å². The molecule has 0 amide bonds. The van der Waals surface area contributed by atoms with E-state index in [4.69, 9.17) is 11.6 Å². The maximum Gasteiger partial charge on any atom is 0.115 e. The molecule has 2 saturated carbocycles. The molecule has 0 unspecified atom stereocenters. The Morgan fingerprint density at radius 1 is 1.33 bits per heavy atom. The van der Waals surface area contributed by atoms with Crippen LogP contribution < -0.4 is 5.32 Å². The van der Waals surface area contributed by atoms with Crippen molar-refractivity contribution in [3.63, 3.8) is 0 Å². The van der Waals surface area contributed by atoms with Crippen LogP contribution in [0.5, 0.6) is 0 Å². The number of rotatable bonds is 7. The van der Waals surface area contributed by atoms with Gasteiger partial charge in [-0.1, -0.05) is 11.6 Å². The molecule has 2 aliphatic carbocycles. The Balaban J connectivity index is 1.40. The smallest absolute Gasteiger partial charge is 0.115 e. The number of halogens is 1. The van der Waals surface area contributed by atoms with Crippen molar-refractivity contribution in [1.82, 2.24) is 10.3 Å². The first-order valence-corrected chi connectivity index (χ1v) is 8.17. The zero-order valence-electron chi connectivity index (χ0n) is 10.4. The Bertz CT molecular complexity index is 393. The van der Waals surface area contributed by atoms with Gasteiger partial charge in [0.2, 0.25) is 0 Å². The second-order valence-corrected chi connectivity index (χ2v) is 6.78. The van der Waals surface area contributed by atoms with Gasteiger partial charge in [-0.25, -0.2) is 4.98 Å². The van der Waals surface area contributed by atoms with E-state index in [2.05, 4.69) is 10.3 Å². The molecule has 18 heavy (non-hydrogen) atoms. The van der Waals surface area contributed by atoms with Crippen molar-refractivity contribution < 1.29 is 0 Å². The Labute approximate surface area is 118 Å². The molecule has 0 aliphatic heterocycles. The standard InChI is InChI=1S/C14H19ClN2S/c15-12-2-1-7-17-14(12)18-9-8-16-13(10-3-4-10)11-5-6-11/h1-2,7,10-11,13,16H,3-6,8-9H2. The summed E-state index contributed by atoms with van der Waals surface area (Å²) in [7, 11) is 0. The summed E-state index contributed by atoms with van der Waals surface area (Å²) < 4.78 is 0. The molecule has 3 rings (SSSR count). The van der Waals surface area contributed by atoms with Gasteiger partial charge < -0.3 is 5.32 Å². The minimum atomic E-state index is 0.767. The second kappa shape index (κ2) is 5.81. The van der Waals surface area contributed by atoms with Crippen molar-refractivity contribution in [1.29, 1.82) is 0 Å². The lowest BCUT2D eigenvalue weighted by atomic mass is 10.1. The van der Waals surface area contributed by atoms with E-state index in [0.717, 1.165) is 40.2 Å². The van der Waals surface area contributed by atoms with Crippen LogP contribution in [-0.2, 0) is 0 Å². The zero-order chi connectivity index (χ0) is 12.4. The van der Waals surface area contributed by atoms with Gasteiger partial charge in [0.15, 0.2) is 0 Å². The summed E-state index contributed by atoms with van der Waals surface area (Å²) in [5.41, 5.74) is 0. The Morgan fingerprint density at radius 2 is 2.06 bits per heavy atom. The highest BCUT2D eigenvalue weighted by Gasteiger charge is 2.40. The molecule has 1 N–H and O–H groups in total. The molecule has 2 aliphatic rings. The van der Waals surface area contributed by atoms with E-state index in [0.29, 0.717) is 0 Å². The predicted molar refractivity (Wildman–Crippen MR) is 77.2 cm³/mol. The van der Waals surface area contributed by atoms with Crippen molar-refractivity contribution in [2.45, 2.75) is 36.8 Å². The average Bonchev–Trinajstić information content (AvgIpc) is 3.25. The van der Waals surface area contributed by atoms with Crippen LogP contribution in [0.15, 0.2) is 23.4 Å². The van der Waals surface area contributed by atoms with E-state index in [-0.39, 0.29) is 0 Å². The highest BCUT2D eigenvalue weighted by Crippen LogP contribution is 2.44. The number of hydrogen-bond donors (Lipinski definition) is 1. The third-order valence-corrected chi connectivity index (χ3v) is 5.13. The molecular formula is C14H19ClN2S. The third kappa shape index (κ3) is 3.40. The number of thioether (sulfide) groups is 1. The fourth-order valence-electron chi connectivity index (χ4n) is 2.48. The lowest BCUT2D eigenvalue weighted by Gasteiger charge is -2.17. The monoisotopic (exact) mass is 282 g/mol. The molecule has 4 heteroatoms. The first-order chi connectivity index (χ1) is 8.84. The van der Waals surface area contributed by atoms with Crippen LogP contribution in [0.25, 0.3) is 0 Å². The zero-order valence-corrected chi connectivity index (χ0v) is 12.0. The molecule has 98 valence electrons. The summed E-state index contributed by atoms with van der Waals surface area (Å²) in [6.45, 7) is 1.06. The molecule has 2 fully saturated rings. The second-order valence-electron chi connectivity index (χ2n) is 5.29. The molecule has 0 bridgehead atoms. The van der Waals surface area contributed by atoms with Crippen LogP contribution in [0.2, 0.25) is 5.02 Å². The number of aromatic nitrogens is 1. The van der Waals surface area contributed by atoms with Gasteiger partial charge >= 0.3 is 0 Å². The summed E-state index contributed by atoms with van der Waals surface area (Å²) in [5, 5.41) is 5.46. The quantitative estimate of drug-likeness (QED) is 0.611. The summed E-state index contributed by atoms with van der Waals surface area (Å²) in [4.78, 5) is 4.29. The summed E-state index contributed by atoms with van der Waals surface area (Å²) in [6, 6.07) is 4.58. The van der Waals surface area contributed by atoms with Crippen LogP contribution in [0.1, 0.15) is 25.7 Å². The van der Waals surface area contributed by atoms with Gasteiger partial charge in [0.1, 0.15) is 5.03 Å². The van der Waals surface area contributed by atoms with Crippen molar-refractivity contribution >= 4 is 23.4 Å². The van der Waals surface area contributed by atoms with E-state index in [1.807, 2.05) is 12.1 Å². The SMILES string of the molecule is Clc1cccnc1SCCNC(C1CC1)C1CC1. The van der Waals surface area contributed by atoms with E-state index >= 15 is 0 Å². The highest BCUT2D eigenvalue weighted by molar-refractivity contribution is 7.99. The van der Waals surface area contributed by atoms with Gasteiger partial charge in [0.25, 0.3) is 0 Å². The van der Waals surface area contributed by atoms with Crippen LogP contribution in [0.3, 0.4) is 0 Å². The fraction of sp³-hybridized carbons (Fsp3) is 0.643. The van der Waals surface area contributed by atoms with Gasteiger partial charge in [-0.05, 0) is 49.7 Å². The lowest BCUT2D eigenvalue weighted by Crippen LogP contribution is -2.34. The van der Waals surface area contributed by atoms with E-state index in [9.17, 15) is 0 Å². The molecule has 0 radical (unpaired) electrons. The molecule has 2 nitrogen and oxygen atoms in total. The van der Waals surface area contributed by atoms with Gasteiger partial charge in [-0.2, -0.15) is 0 Å². The van der Waals surface area contributed by atoms with Gasteiger partial charge in [0.05, 0.1) is 5.02 Å². The molecule has 0 saturated heterocycles. The molecular weight excluding hydrogens is 264 g/mol. The molecule has 1 aromatic heterocycles. The largest absolute Gasteiger partial charge is 0.313 e. The first kappa shape index (κ1) is 12.8. The van der Waals surface area contributed by atoms with Crippen LogP contribution >= 0.6 is 23.4 Å². The fourth-order valence-corrected chi connectivity index (χ4v) is 3.52. The van der Waals surface area contributed by atoms with E-state index in [1.54, 1.807) is 18.0 Å². The van der Waals surface area contributed by atoms with E-state index in [1.165, 1.54) is 25.7 Å². The normalized spacial score (nSPS) is 19.4. The Morgan fingerprint density at radius 3 is 2.67 bits per heavy atom. The Kier molecular flexibility index (Phi) is 4.12. The van der Waals surface area contributed by atoms with Crippen LogP contribution in [0.4, 0.5) is 0 Å². The van der Waals surface area contributed by atoms with Crippen molar-refractivity contribution in [2.75, 3.05) is 12.3 Å². The maximum atomic E-state index is 6.08. The summed E-state index contributed by atoms with van der Waals surface area (Å²) >= 11 is 7.83. The lowest BCUT2D eigenvalue weighted by molar-refractivity contribution is 0.429. The van der Waals surface area contributed by atoms with E-state index < -0.39 is 0 Å². The molecule has 1 heterocycles. The first-order valence-electron chi connectivity index (χ1n) is 6.81. The van der Waals surface area contributed by atoms with Gasteiger partial charge in [0, 0.05) is 24.5 Å². The van der Waals surface area contributed by atoms with Crippen LogP contribution in [0, 0.1) is 11.8 Å². The summed E-state index contributed by atoms with van der Waals surface area (Å²) in [6.07, 6.45) is 7.56. The molecule has 0 spiro atoms. The predicted octanol–water partition coefficient (Wildman–Crippen LogP) is 3.61. The molecule has 1 aromatic rings. The Hall–Kier alpha value is -0.250. The van der Waals surface area contributed by atoms with Crippen molar-refractivity contribution in [3.05, 3.63) is 23.4 Å². The van der Waals surface area contributed by atoms with Crippen molar-refractivity contribution in [3.8, 4) is 0 Å². The highest BCUT2D eigenvalue weighted by atomic mass is 35.5. The number of nitrogens with one attached hydrogen (secondary N) is 1. The van der Waals surface area contributed by atoms with Gasteiger partial charge in [-0.3, -0.25) is 0 Å². The third-order valence-electron chi connectivity index (χ3n) is 3.71. The number of pyridine rings is 1. The molecule has 0 atom stereocenters. The topological polar surface area (TPSA) is 24.9 Å². The number of nitrogens with zero attached hydrogens (tertiary/aromatic N) is 1. The van der Waals surface area contributed by atoms with Crippen LogP contribution in [-0.4, -0.2) is 23.3 Å². The minimum absolute atomic E-state index is 0.767. The van der Waals surface area contributed by atoms with Crippen molar-refractivity contribution in [2.24, 2.45) is 11.8 Å². The number of hydrogen-bond acceptors (Lipinski definition) is 3. The minimum Gasteiger partial charge on any atom is -0.313 e. The molecule has 0 aromatic carbocycles. The average molecular weight is 283 g/mol. The maximum absolute atomic E-state index is 6.08.